The van der Waals surface area contributed by atoms with Gasteiger partial charge in [-0.15, -0.1) is 0 Å². The van der Waals surface area contributed by atoms with Crippen LogP contribution in [0.4, 0.5) is 5.82 Å². The highest BCUT2D eigenvalue weighted by atomic mass is 16.1. The Kier molecular flexibility index (Phi) is 3.96. The summed E-state index contributed by atoms with van der Waals surface area (Å²) >= 11 is 0. The molecule has 2 N–H and O–H groups in total. The lowest BCUT2D eigenvalue weighted by Crippen LogP contribution is -2.32. The lowest BCUT2D eigenvalue weighted by atomic mass is 9.85. The molecule has 0 bridgehead atoms. The summed E-state index contributed by atoms with van der Waals surface area (Å²) in [5.74, 6) is 1.44. The number of amides is 1. The molecular weight excluding hydrogens is 214 g/mol. The Bertz CT molecular complexity index is 388. The van der Waals surface area contributed by atoms with E-state index in [0.717, 1.165) is 18.9 Å². The van der Waals surface area contributed by atoms with E-state index >= 15 is 0 Å². The zero-order valence-corrected chi connectivity index (χ0v) is 10.2. The molecule has 1 aliphatic rings. The predicted molar refractivity (Wildman–Crippen MR) is 68.1 cm³/mol. The summed E-state index contributed by atoms with van der Waals surface area (Å²) in [5, 5.41) is 6.07. The summed E-state index contributed by atoms with van der Waals surface area (Å²) in [7, 11) is 0. The number of aromatic nitrogens is 1. The van der Waals surface area contributed by atoms with Gasteiger partial charge < -0.3 is 10.6 Å². The van der Waals surface area contributed by atoms with Crippen LogP contribution in [0.25, 0.3) is 0 Å². The molecule has 17 heavy (non-hydrogen) atoms. The number of nitrogens with zero attached hydrogens (tertiary/aromatic N) is 1. The highest BCUT2D eigenvalue weighted by Crippen LogP contribution is 2.25. The quantitative estimate of drug-likeness (QED) is 0.818. The van der Waals surface area contributed by atoms with E-state index < -0.39 is 0 Å². The predicted octanol–water partition coefficient (Wildman–Crippen LogP) is 2.04. The molecule has 1 amide bonds. The molecule has 1 aromatic rings. The molecule has 0 radical (unpaired) electrons. The second kappa shape index (κ2) is 5.66. The van der Waals surface area contributed by atoms with Crippen molar-refractivity contribution in [3.05, 3.63) is 23.9 Å². The average molecular weight is 233 g/mol. The molecule has 0 aliphatic heterocycles. The fraction of sp³-hybridized carbons (Fsp3) is 0.538. The van der Waals surface area contributed by atoms with Gasteiger partial charge in [-0.3, -0.25) is 4.79 Å². The van der Waals surface area contributed by atoms with Gasteiger partial charge >= 0.3 is 0 Å². The zero-order valence-electron chi connectivity index (χ0n) is 10.2. The van der Waals surface area contributed by atoms with Gasteiger partial charge in [0.1, 0.15) is 5.82 Å². The van der Waals surface area contributed by atoms with Crippen LogP contribution >= 0.6 is 0 Å². The van der Waals surface area contributed by atoms with E-state index in [1.165, 1.54) is 19.3 Å². The maximum Gasteiger partial charge on any atom is 0.251 e. The number of rotatable bonds is 5. The van der Waals surface area contributed by atoms with Crippen molar-refractivity contribution in [2.24, 2.45) is 5.92 Å². The molecule has 2 rings (SSSR count). The molecule has 0 saturated heterocycles. The standard InChI is InChI=1S/C13H19N3O/c1-2-14-12-8-11(6-7-15-12)13(17)16-9-10-4-3-5-10/h6-8,10H,2-5,9H2,1H3,(H,14,15)(H,16,17). The molecule has 0 spiro atoms. The molecule has 92 valence electrons. The van der Waals surface area contributed by atoms with Crippen LogP contribution in [0.3, 0.4) is 0 Å². The highest BCUT2D eigenvalue weighted by Gasteiger charge is 2.18. The Morgan fingerprint density at radius 3 is 3.00 bits per heavy atom. The molecule has 1 saturated carbocycles. The highest BCUT2D eigenvalue weighted by molar-refractivity contribution is 5.94. The molecule has 1 aliphatic carbocycles. The van der Waals surface area contributed by atoms with E-state index in [2.05, 4.69) is 15.6 Å². The Morgan fingerprint density at radius 2 is 2.35 bits per heavy atom. The Hall–Kier alpha value is -1.58. The maximum atomic E-state index is 11.9. The molecule has 4 heteroatoms. The number of carbonyl (C=O) groups is 1. The molecular formula is C13H19N3O. The molecule has 4 nitrogen and oxygen atoms in total. The van der Waals surface area contributed by atoms with Gasteiger partial charge in [0.15, 0.2) is 0 Å². The SMILES string of the molecule is CCNc1cc(C(=O)NCC2CCC2)ccn1. The average Bonchev–Trinajstić information content (AvgIpc) is 2.27. The first kappa shape index (κ1) is 11.9. The lowest BCUT2D eigenvalue weighted by Gasteiger charge is -2.25. The largest absolute Gasteiger partial charge is 0.370 e. The van der Waals surface area contributed by atoms with Crippen molar-refractivity contribution >= 4 is 11.7 Å². The van der Waals surface area contributed by atoms with Gasteiger partial charge in [-0.1, -0.05) is 6.42 Å². The first-order valence-corrected chi connectivity index (χ1v) is 6.27. The van der Waals surface area contributed by atoms with Crippen molar-refractivity contribution in [1.82, 2.24) is 10.3 Å². The van der Waals surface area contributed by atoms with Crippen molar-refractivity contribution < 1.29 is 4.79 Å². The Labute approximate surface area is 102 Å². The Morgan fingerprint density at radius 1 is 1.53 bits per heavy atom. The van der Waals surface area contributed by atoms with Gasteiger partial charge in [-0.2, -0.15) is 0 Å². The minimum atomic E-state index is -0.00143. The van der Waals surface area contributed by atoms with Gasteiger partial charge in [-0.25, -0.2) is 4.98 Å². The van der Waals surface area contributed by atoms with Crippen molar-refractivity contribution in [2.75, 3.05) is 18.4 Å². The van der Waals surface area contributed by atoms with Crippen LogP contribution in [0.15, 0.2) is 18.3 Å². The first-order valence-electron chi connectivity index (χ1n) is 6.27. The lowest BCUT2D eigenvalue weighted by molar-refractivity contribution is 0.0939. The van der Waals surface area contributed by atoms with Crippen molar-refractivity contribution in [3.63, 3.8) is 0 Å². The molecule has 0 aromatic carbocycles. The number of hydrogen-bond donors (Lipinski definition) is 2. The second-order valence-corrected chi connectivity index (χ2v) is 4.47. The van der Waals surface area contributed by atoms with Crippen LogP contribution in [0.1, 0.15) is 36.5 Å². The molecule has 0 atom stereocenters. The van der Waals surface area contributed by atoms with Crippen LogP contribution in [0, 0.1) is 5.92 Å². The van der Waals surface area contributed by atoms with E-state index in [1.54, 1.807) is 18.3 Å². The van der Waals surface area contributed by atoms with Gasteiger partial charge in [0.25, 0.3) is 5.91 Å². The fourth-order valence-corrected chi connectivity index (χ4v) is 1.89. The van der Waals surface area contributed by atoms with E-state index in [0.29, 0.717) is 11.5 Å². The topological polar surface area (TPSA) is 54.0 Å². The summed E-state index contributed by atoms with van der Waals surface area (Å²) in [6, 6.07) is 3.54. The minimum absolute atomic E-state index is 0.00143. The number of carbonyl (C=O) groups excluding carboxylic acids is 1. The monoisotopic (exact) mass is 233 g/mol. The summed E-state index contributed by atoms with van der Waals surface area (Å²) in [6.07, 6.45) is 5.47. The molecule has 1 heterocycles. The number of hydrogen-bond acceptors (Lipinski definition) is 3. The number of nitrogens with one attached hydrogen (secondary N) is 2. The summed E-state index contributed by atoms with van der Waals surface area (Å²) in [4.78, 5) is 16.0. The van der Waals surface area contributed by atoms with Crippen molar-refractivity contribution in [1.29, 1.82) is 0 Å². The molecule has 0 unspecified atom stereocenters. The third-order valence-electron chi connectivity index (χ3n) is 3.16. The third-order valence-corrected chi connectivity index (χ3v) is 3.16. The van der Waals surface area contributed by atoms with Crippen LogP contribution < -0.4 is 10.6 Å². The van der Waals surface area contributed by atoms with Gasteiger partial charge in [0, 0.05) is 24.8 Å². The van der Waals surface area contributed by atoms with Crippen molar-refractivity contribution in [3.8, 4) is 0 Å². The summed E-state index contributed by atoms with van der Waals surface area (Å²) < 4.78 is 0. The van der Waals surface area contributed by atoms with E-state index in [-0.39, 0.29) is 5.91 Å². The fourth-order valence-electron chi connectivity index (χ4n) is 1.89. The van der Waals surface area contributed by atoms with Gasteiger partial charge in [-0.05, 0) is 37.8 Å². The second-order valence-electron chi connectivity index (χ2n) is 4.47. The van der Waals surface area contributed by atoms with Gasteiger partial charge in [0.05, 0.1) is 0 Å². The summed E-state index contributed by atoms with van der Waals surface area (Å²) in [6.45, 7) is 3.61. The first-order chi connectivity index (χ1) is 8.29. The van der Waals surface area contributed by atoms with E-state index in [1.807, 2.05) is 6.92 Å². The Balaban J connectivity index is 1.90. The van der Waals surface area contributed by atoms with Crippen LogP contribution in [-0.4, -0.2) is 24.0 Å². The van der Waals surface area contributed by atoms with Crippen molar-refractivity contribution in [2.45, 2.75) is 26.2 Å². The maximum absolute atomic E-state index is 11.9. The zero-order chi connectivity index (χ0) is 12.1. The minimum Gasteiger partial charge on any atom is -0.370 e. The number of pyridine rings is 1. The smallest absolute Gasteiger partial charge is 0.251 e. The molecule has 1 fully saturated rings. The molecule has 1 aromatic heterocycles. The van der Waals surface area contributed by atoms with E-state index in [4.69, 9.17) is 0 Å². The van der Waals surface area contributed by atoms with Crippen LogP contribution in [-0.2, 0) is 0 Å². The van der Waals surface area contributed by atoms with Gasteiger partial charge in [0.2, 0.25) is 0 Å². The normalized spacial score (nSPS) is 15.1. The van der Waals surface area contributed by atoms with E-state index in [9.17, 15) is 4.79 Å². The van der Waals surface area contributed by atoms with Crippen LogP contribution in [0.5, 0.6) is 0 Å². The van der Waals surface area contributed by atoms with Crippen LogP contribution in [0.2, 0.25) is 0 Å². The third kappa shape index (κ3) is 3.19. The number of anilines is 1. The summed E-state index contributed by atoms with van der Waals surface area (Å²) in [5.41, 5.74) is 0.676.